The van der Waals surface area contributed by atoms with E-state index in [9.17, 15) is 0 Å². The Labute approximate surface area is 114 Å². The van der Waals surface area contributed by atoms with Crippen LogP contribution in [0, 0.1) is 6.92 Å². The van der Waals surface area contributed by atoms with Crippen LogP contribution < -0.4 is 5.32 Å². The maximum atomic E-state index is 5.43. The number of thiophene rings is 1. The predicted molar refractivity (Wildman–Crippen MR) is 77.1 cm³/mol. The maximum absolute atomic E-state index is 5.43. The highest BCUT2D eigenvalue weighted by molar-refractivity contribution is 7.12. The van der Waals surface area contributed by atoms with Crippen LogP contribution >= 0.6 is 11.3 Å². The molecule has 1 aliphatic rings. The van der Waals surface area contributed by atoms with Crippen molar-refractivity contribution in [1.82, 2.24) is 10.2 Å². The Hall–Kier alpha value is -0.420. The van der Waals surface area contributed by atoms with Gasteiger partial charge in [-0.15, -0.1) is 11.3 Å². The van der Waals surface area contributed by atoms with E-state index in [-0.39, 0.29) is 0 Å². The summed E-state index contributed by atoms with van der Waals surface area (Å²) in [5.41, 5.74) is 1.49. The Balaban J connectivity index is 1.95. The third-order valence-electron chi connectivity index (χ3n) is 3.66. The fourth-order valence-electron chi connectivity index (χ4n) is 2.53. The van der Waals surface area contributed by atoms with Crippen molar-refractivity contribution in [2.24, 2.45) is 0 Å². The fraction of sp³-hybridized carbons (Fsp3) is 0.714. The Morgan fingerprint density at radius 3 is 2.83 bits per heavy atom. The summed E-state index contributed by atoms with van der Waals surface area (Å²) in [6.45, 7) is 6.12. The van der Waals surface area contributed by atoms with Gasteiger partial charge in [-0.25, -0.2) is 0 Å². The average molecular weight is 268 g/mol. The Bertz CT molecular complexity index is 372. The van der Waals surface area contributed by atoms with Gasteiger partial charge in [0, 0.05) is 42.1 Å². The molecule has 2 rings (SSSR count). The summed E-state index contributed by atoms with van der Waals surface area (Å²) in [4.78, 5) is 5.38. The van der Waals surface area contributed by atoms with Crippen LogP contribution in [0.4, 0.5) is 0 Å². The molecule has 102 valence electrons. The zero-order valence-corrected chi connectivity index (χ0v) is 12.5. The van der Waals surface area contributed by atoms with Crippen LogP contribution in [0.25, 0.3) is 0 Å². The van der Waals surface area contributed by atoms with E-state index in [1.165, 1.54) is 28.2 Å². The maximum Gasteiger partial charge on any atom is 0.0480 e. The average Bonchev–Trinajstić information content (AvgIpc) is 2.71. The molecule has 0 unspecified atom stereocenters. The van der Waals surface area contributed by atoms with Crippen molar-refractivity contribution in [3.63, 3.8) is 0 Å². The van der Waals surface area contributed by atoms with Crippen molar-refractivity contribution in [1.29, 1.82) is 0 Å². The lowest BCUT2D eigenvalue weighted by molar-refractivity contribution is 0.0407. The van der Waals surface area contributed by atoms with E-state index in [0.717, 1.165) is 26.3 Å². The first-order chi connectivity index (χ1) is 8.70. The summed E-state index contributed by atoms with van der Waals surface area (Å²) in [7, 11) is 4.24. The summed E-state index contributed by atoms with van der Waals surface area (Å²) in [5.74, 6) is 0. The van der Waals surface area contributed by atoms with Gasteiger partial charge < -0.3 is 10.1 Å². The molecule has 1 aromatic rings. The number of ether oxygens (including phenoxy) is 1. The molecule has 1 aromatic heterocycles. The first-order valence-corrected chi connectivity index (χ1v) is 7.53. The Morgan fingerprint density at radius 1 is 1.44 bits per heavy atom. The standard InChI is InChI=1S/C14H24N2OS/c1-11-12(8-14(18-11)9-15-2)10-16(3)13-4-6-17-7-5-13/h8,13,15H,4-7,9-10H2,1-3H3. The zero-order chi connectivity index (χ0) is 13.0. The molecule has 1 N–H and O–H groups in total. The lowest BCUT2D eigenvalue weighted by Crippen LogP contribution is -2.36. The van der Waals surface area contributed by atoms with E-state index in [4.69, 9.17) is 4.74 Å². The zero-order valence-electron chi connectivity index (χ0n) is 11.7. The van der Waals surface area contributed by atoms with Gasteiger partial charge in [0.25, 0.3) is 0 Å². The van der Waals surface area contributed by atoms with Crippen LogP contribution in [0.2, 0.25) is 0 Å². The van der Waals surface area contributed by atoms with Crippen LogP contribution in [0.15, 0.2) is 6.07 Å². The molecule has 1 saturated heterocycles. The fourth-order valence-corrected chi connectivity index (χ4v) is 3.60. The van der Waals surface area contributed by atoms with Crippen molar-refractivity contribution >= 4 is 11.3 Å². The second kappa shape index (κ2) is 6.66. The number of rotatable bonds is 5. The summed E-state index contributed by atoms with van der Waals surface area (Å²) >= 11 is 1.91. The highest BCUT2D eigenvalue weighted by atomic mass is 32.1. The third kappa shape index (κ3) is 3.54. The Kier molecular flexibility index (Phi) is 5.18. The second-order valence-electron chi connectivity index (χ2n) is 5.08. The van der Waals surface area contributed by atoms with Gasteiger partial charge >= 0.3 is 0 Å². The summed E-state index contributed by atoms with van der Waals surface area (Å²) in [6, 6.07) is 3.04. The van der Waals surface area contributed by atoms with Crippen LogP contribution in [0.5, 0.6) is 0 Å². The molecule has 1 fully saturated rings. The van der Waals surface area contributed by atoms with Gasteiger partial charge in [0.15, 0.2) is 0 Å². The number of hydrogen-bond acceptors (Lipinski definition) is 4. The van der Waals surface area contributed by atoms with Crippen LogP contribution in [-0.4, -0.2) is 38.3 Å². The summed E-state index contributed by atoms with van der Waals surface area (Å²) in [6.07, 6.45) is 2.34. The van der Waals surface area contributed by atoms with Crippen molar-refractivity contribution in [2.75, 3.05) is 27.3 Å². The van der Waals surface area contributed by atoms with E-state index in [2.05, 4.69) is 30.3 Å². The molecule has 0 aliphatic carbocycles. The molecular weight excluding hydrogens is 244 g/mol. The quantitative estimate of drug-likeness (QED) is 0.887. The molecule has 0 radical (unpaired) electrons. The largest absolute Gasteiger partial charge is 0.381 e. The minimum atomic E-state index is 0.686. The lowest BCUT2D eigenvalue weighted by atomic mass is 10.1. The lowest BCUT2D eigenvalue weighted by Gasteiger charge is -2.31. The van der Waals surface area contributed by atoms with Crippen molar-refractivity contribution in [2.45, 2.75) is 38.9 Å². The molecule has 0 atom stereocenters. The molecule has 0 amide bonds. The molecule has 0 aromatic carbocycles. The number of nitrogens with zero attached hydrogens (tertiary/aromatic N) is 1. The van der Waals surface area contributed by atoms with Crippen molar-refractivity contribution < 1.29 is 4.74 Å². The smallest absolute Gasteiger partial charge is 0.0480 e. The minimum absolute atomic E-state index is 0.686. The first kappa shape index (κ1) is 14.0. The van der Waals surface area contributed by atoms with Crippen LogP contribution in [0.1, 0.15) is 28.2 Å². The summed E-state index contributed by atoms with van der Waals surface area (Å²) in [5, 5.41) is 3.22. The molecule has 0 saturated carbocycles. The highest BCUT2D eigenvalue weighted by Crippen LogP contribution is 2.24. The molecule has 0 bridgehead atoms. The molecule has 18 heavy (non-hydrogen) atoms. The normalized spacial score (nSPS) is 17.6. The second-order valence-corrected chi connectivity index (χ2v) is 6.42. The van der Waals surface area contributed by atoms with Crippen LogP contribution in [0.3, 0.4) is 0 Å². The van der Waals surface area contributed by atoms with E-state index < -0.39 is 0 Å². The number of aryl methyl sites for hydroxylation is 1. The monoisotopic (exact) mass is 268 g/mol. The number of nitrogens with one attached hydrogen (secondary N) is 1. The van der Waals surface area contributed by atoms with Gasteiger partial charge in [0.05, 0.1) is 0 Å². The Morgan fingerprint density at radius 2 is 2.17 bits per heavy atom. The van der Waals surface area contributed by atoms with Gasteiger partial charge in [0.2, 0.25) is 0 Å². The molecular formula is C14H24N2OS. The molecule has 2 heterocycles. The van der Waals surface area contributed by atoms with E-state index in [0.29, 0.717) is 6.04 Å². The van der Waals surface area contributed by atoms with Gasteiger partial charge in [-0.05, 0) is 45.5 Å². The van der Waals surface area contributed by atoms with E-state index >= 15 is 0 Å². The van der Waals surface area contributed by atoms with E-state index in [1.54, 1.807) is 0 Å². The predicted octanol–water partition coefficient (Wildman–Crippen LogP) is 2.39. The highest BCUT2D eigenvalue weighted by Gasteiger charge is 2.19. The van der Waals surface area contributed by atoms with Gasteiger partial charge in [-0.1, -0.05) is 0 Å². The minimum Gasteiger partial charge on any atom is -0.381 e. The molecule has 3 nitrogen and oxygen atoms in total. The topological polar surface area (TPSA) is 24.5 Å². The third-order valence-corrected chi connectivity index (χ3v) is 4.75. The first-order valence-electron chi connectivity index (χ1n) is 6.71. The molecule has 0 spiro atoms. The SMILES string of the molecule is CNCc1cc(CN(C)C2CCOCC2)c(C)s1. The van der Waals surface area contributed by atoms with Crippen LogP contribution in [-0.2, 0) is 17.8 Å². The van der Waals surface area contributed by atoms with Gasteiger partial charge in [-0.2, -0.15) is 0 Å². The van der Waals surface area contributed by atoms with Crippen molar-refractivity contribution in [3.8, 4) is 0 Å². The van der Waals surface area contributed by atoms with Gasteiger partial charge in [0.1, 0.15) is 0 Å². The summed E-state index contributed by atoms with van der Waals surface area (Å²) < 4.78 is 5.43. The van der Waals surface area contributed by atoms with E-state index in [1.807, 2.05) is 18.4 Å². The number of hydrogen-bond donors (Lipinski definition) is 1. The molecule has 1 aliphatic heterocycles. The van der Waals surface area contributed by atoms with Gasteiger partial charge in [-0.3, -0.25) is 4.90 Å². The van der Waals surface area contributed by atoms with Crippen molar-refractivity contribution in [3.05, 3.63) is 21.4 Å². The molecule has 4 heteroatoms.